The molecule has 0 unspecified atom stereocenters. The molecular formula is C23H29N3O2. The van der Waals surface area contributed by atoms with E-state index >= 15 is 0 Å². The van der Waals surface area contributed by atoms with Gasteiger partial charge in [0.2, 0.25) is 5.91 Å². The molecule has 5 heteroatoms. The monoisotopic (exact) mass is 379 g/mol. The average Bonchev–Trinajstić information content (AvgIpc) is 2.68. The third-order valence-electron chi connectivity index (χ3n) is 5.02. The summed E-state index contributed by atoms with van der Waals surface area (Å²) in [5, 5.41) is 6.05. The zero-order valence-electron chi connectivity index (χ0n) is 16.9. The van der Waals surface area contributed by atoms with Gasteiger partial charge in [-0.3, -0.25) is 9.59 Å². The molecule has 148 valence electrons. The summed E-state index contributed by atoms with van der Waals surface area (Å²) in [5.41, 5.74) is 3.83. The summed E-state index contributed by atoms with van der Waals surface area (Å²) >= 11 is 0. The second-order valence-corrected chi connectivity index (χ2v) is 7.66. The number of carbonyl (C=O) groups excluding carboxylic acids is 2. The van der Waals surface area contributed by atoms with E-state index in [1.807, 2.05) is 69.3 Å². The van der Waals surface area contributed by atoms with Crippen LogP contribution in [0, 0.1) is 0 Å². The smallest absolute Gasteiger partial charge is 0.251 e. The second kappa shape index (κ2) is 8.91. The normalized spacial score (nSPS) is 14.4. The van der Waals surface area contributed by atoms with E-state index < -0.39 is 0 Å². The van der Waals surface area contributed by atoms with Crippen molar-refractivity contribution < 1.29 is 9.59 Å². The minimum Gasteiger partial charge on any atom is -0.362 e. The lowest BCUT2D eigenvalue weighted by Crippen LogP contribution is -2.41. The number of hydrogen-bond acceptors (Lipinski definition) is 3. The molecular weight excluding hydrogens is 350 g/mol. The first-order valence-electron chi connectivity index (χ1n) is 9.97. The minimum absolute atomic E-state index is 0.0127. The van der Waals surface area contributed by atoms with E-state index in [0.29, 0.717) is 12.1 Å². The number of benzene rings is 2. The molecule has 1 heterocycles. The van der Waals surface area contributed by atoms with Crippen LogP contribution < -0.4 is 15.5 Å². The summed E-state index contributed by atoms with van der Waals surface area (Å²) in [6.07, 6.45) is 1.79. The Kier molecular flexibility index (Phi) is 6.34. The van der Waals surface area contributed by atoms with Crippen LogP contribution in [0.3, 0.4) is 0 Å². The molecule has 1 atom stereocenters. The van der Waals surface area contributed by atoms with Gasteiger partial charge in [0.15, 0.2) is 0 Å². The van der Waals surface area contributed by atoms with Crippen LogP contribution in [-0.4, -0.2) is 30.9 Å². The van der Waals surface area contributed by atoms with Gasteiger partial charge < -0.3 is 15.5 Å². The zero-order chi connectivity index (χ0) is 20.1. The van der Waals surface area contributed by atoms with Gasteiger partial charge in [0.25, 0.3) is 5.91 Å². The third-order valence-corrected chi connectivity index (χ3v) is 5.02. The molecule has 0 saturated heterocycles. The van der Waals surface area contributed by atoms with Crippen molar-refractivity contribution >= 4 is 17.5 Å². The lowest BCUT2D eigenvalue weighted by molar-refractivity contribution is -0.120. The van der Waals surface area contributed by atoms with Crippen LogP contribution in [0.5, 0.6) is 0 Å². The third kappa shape index (κ3) is 4.71. The molecule has 0 fully saturated rings. The molecule has 1 aliphatic heterocycles. The Balaban J connectivity index is 1.72. The highest BCUT2D eigenvalue weighted by Crippen LogP contribution is 2.30. The second-order valence-electron chi connectivity index (χ2n) is 7.66. The van der Waals surface area contributed by atoms with Crippen molar-refractivity contribution in [3.8, 4) is 0 Å². The topological polar surface area (TPSA) is 61.4 Å². The molecule has 3 rings (SSSR count). The van der Waals surface area contributed by atoms with Crippen molar-refractivity contribution in [1.82, 2.24) is 10.6 Å². The molecule has 0 aromatic heterocycles. The molecule has 0 bridgehead atoms. The lowest BCUT2D eigenvalue weighted by Gasteiger charge is -2.32. The van der Waals surface area contributed by atoms with Crippen molar-refractivity contribution in [2.45, 2.75) is 45.7 Å². The first-order chi connectivity index (χ1) is 13.5. The predicted molar refractivity (Wildman–Crippen MR) is 113 cm³/mol. The number of nitrogens with zero attached hydrogens (tertiary/aromatic N) is 1. The number of carbonyl (C=O) groups is 2. The molecule has 28 heavy (non-hydrogen) atoms. The van der Waals surface area contributed by atoms with Gasteiger partial charge in [-0.05, 0) is 56.9 Å². The Bertz CT molecular complexity index is 833. The van der Waals surface area contributed by atoms with Crippen molar-refractivity contribution in [3.05, 3.63) is 65.2 Å². The van der Waals surface area contributed by atoms with Crippen LogP contribution >= 0.6 is 0 Å². The fourth-order valence-electron chi connectivity index (χ4n) is 3.70. The van der Waals surface area contributed by atoms with E-state index in [4.69, 9.17) is 0 Å². The number of rotatable bonds is 6. The van der Waals surface area contributed by atoms with E-state index in [9.17, 15) is 9.59 Å². The van der Waals surface area contributed by atoms with Crippen LogP contribution in [0.2, 0.25) is 0 Å². The highest BCUT2D eigenvalue weighted by molar-refractivity contribution is 5.97. The van der Waals surface area contributed by atoms with Gasteiger partial charge >= 0.3 is 0 Å². The first kappa shape index (κ1) is 19.9. The van der Waals surface area contributed by atoms with Crippen LogP contribution in [0.25, 0.3) is 0 Å². The highest BCUT2D eigenvalue weighted by Gasteiger charge is 2.24. The molecule has 0 aliphatic carbocycles. The Morgan fingerprint density at radius 2 is 1.75 bits per heavy atom. The van der Waals surface area contributed by atoms with E-state index in [1.165, 1.54) is 0 Å². The maximum Gasteiger partial charge on any atom is 0.251 e. The number of fused-ring (bicyclic) bond motifs is 1. The van der Waals surface area contributed by atoms with Gasteiger partial charge in [-0.15, -0.1) is 0 Å². The number of anilines is 1. The highest BCUT2D eigenvalue weighted by atomic mass is 16.2. The maximum absolute atomic E-state index is 12.6. The van der Waals surface area contributed by atoms with E-state index in [1.54, 1.807) is 0 Å². The molecule has 1 aliphatic rings. The van der Waals surface area contributed by atoms with Crippen LogP contribution in [0.4, 0.5) is 5.69 Å². The van der Waals surface area contributed by atoms with Gasteiger partial charge in [-0.2, -0.15) is 0 Å². The average molecular weight is 380 g/mol. The molecule has 0 saturated carbocycles. The molecule has 2 N–H and O–H groups in total. The van der Waals surface area contributed by atoms with Crippen molar-refractivity contribution in [2.75, 3.05) is 18.0 Å². The summed E-state index contributed by atoms with van der Waals surface area (Å²) in [6.45, 7) is 7.01. The van der Waals surface area contributed by atoms with Gasteiger partial charge in [-0.25, -0.2) is 0 Å². The van der Waals surface area contributed by atoms with Gasteiger partial charge in [0.05, 0.1) is 12.6 Å². The Labute approximate surface area is 167 Å². The van der Waals surface area contributed by atoms with Gasteiger partial charge in [-0.1, -0.05) is 36.4 Å². The maximum atomic E-state index is 12.6. The Hall–Kier alpha value is -2.82. The summed E-state index contributed by atoms with van der Waals surface area (Å²) < 4.78 is 0. The molecule has 0 spiro atoms. The predicted octanol–water partition coefficient (Wildman–Crippen LogP) is 3.45. The molecule has 0 radical (unpaired) electrons. The number of nitrogens with one attached hydrogen (secondary N) is 2. The van der Waals surface area contributed by atoms with Gasteiger partial charge in [0.1, 0.15) is 0 Å². The SMILES string of the molecule is CC(C)NC(=O)c1cccc2c1CCCN2CC(=O)N[C@H](C)c1ccccc1. The Morgan fingerprint density at radius 1 is 1.00 bits per heavy atom. The van der Waals surface area contributed by atoms with Crippen molar-refractivity contribution in [2.24, 2.45) is 0 Å². The molecule has 5 nitrogen and oxygen atoms in total. The summed E-state index contributed by atoms with van der Waals surface area (Å²) in [7, 11) is 0. The largest absolute Gasteiger partial charge is 0.362 e. The van der Waals surface area contributed by atoms with Crippen molar-refractivity contribution in [3.63, 3.8) is 0 Å². The van der Waals surface area contributed by atoms with E-state index in [-0.39, 0.29) is 23.9 Å². The standard InChI is InChI=1S/C23H29N3O2/c1-16(2)24-23(28)20-11-7-13-21-19(20)12-8-14-26(21)15-22(27)25-17(3)18-9-5-4-6-10-18/h4-7,9-11,13,16-17H,8,12,14-15H2,1-3H3,(H,24,28)(H,25,27)/t17-/m1/s1. The molecule has 2 aromatic carbocycles. The van der Waals surface area contributed by atoms with E-state index in [0.717, 1.165) is 36.2 Å². The Morgan fingerprint density at radius 3 is 2.46 bits per heavy atom. The lowest BCUT2D eigenvalue weighted by atomic mass is 9.95. The molecule has 2 aromatic rings. The van der Waals surface area contributed by atoms with Crippen LogP contribution in [0.15, 0.2) is 48.5 Å². The summed E-state index contributed by atoms with van der Waals surface area (Å²) in [5.74, 6) is -0.0583. The van der Waals surface area contributed by atoms with Crippen LogP contribution in [0.1, 0.15) is 54.7 Å². The quantitative estimate of drug-likeness (QED) is 0.808. The summed E-state index contributed by atoms with van der Waals surface area (Å²) in [6, 6.07) is 15.8. The zero-order valence-corrected chi connectivity index (χ0v) is 16.9. The fourth-order valence-corrected chi connectivity index (χ4v) is 3.70. The van der Waals surface area contributed by atoms with Crippen LogP contribution in [-0.2, 0) is 11.2 Å². The molecule has 2 amide bonds. The first-order valence-corrected chi connectivity index (χ1v) is 9.97. The summed E-state index contributed by atoms with van der Waals surface area (Å²) in [4.78, 5) is 27.3. The van der Waals surface area contributed by atoms with Crippen molar-refractivity contribution in [1.29, 1.82) is 0 Å². The van der Waals surface area contributed by atoms with Gasteiger partial charge in [0, 0.05) is 23.8 Å². The minimum atomic E-state index is -0.0455. The fraction of sp³-hybridized carbons (Fsp3) is 0.391. The van der Waals surface area contributed by atoms with E-state index in [2.05, 4.69) is 15.5 Å². The number of hydrogen-bond donors (Lipinski definition) is 2. The number of amides is 2.